The van der Waals surface area contributed by atoms with Gasteiger partial charge >= 0.3 is 0 Å². The van der Waals surface area contributed by atoms with E-state index in [2.05, 4.69) is 25.9 Å². The Bertz CT molecular complexity index is 331. The van der Waals surface area contributed by atoms with Crippen molar-refractivity contribution >= 4 is 0 Å². The maximum atomic E-state index is 11.7. The maximum absolute atomic E-state index is 11.7. The summed E-state index contributed by atoms with van der Waals surface area (Å²) in [6, 6.07) is 0. The lowest BCUT2D eigenvalue weighted by Gasteiger charge is -2.24. The molecule has 0 radical (unpaired) electrons. The number of hydrogen-bond donors (Lipinski definition) is 1. The number of nitrogens with zero attached hydrogens (tertiary/aromatic N) is 1. The van der Waals surface area contributed by atoms with E-state index < -0.39 is 0 Å². The topological polar surface area (TPSA) is 37.8 Å². The summed E-state index contributed by atoms with van der Waals surface area (Å²) in [4.78, 5) is 11.7. The van der Waals surface area contributed by atoms with Crippen molar-refractivity contribution in [1.29, 1.82) is 0 Å². The third kappa shape index (κ3) is 1.55. The van der Waals surface area contributed by atoms with Gasteiger partial charge in [-0.15, -0.1) is 0 Å². The van der Waals surface area contributed by atoms with E-state index in [1.54, 1.807) is 7.05 Å². The Morgan fingerprint density at radius 2 is 2.00 bits per heavy atom. The molecule has 1 rings (SSSR count). The summed E-state index contributed by atoms with van der Waals surface area (Å²) in [5.41, 5.74) is 1.03. The lowest BCUT2D eigenvalue weighted by atomic mass is 9.79. The van der Waals surface area contributed by atoms with E-state index in [-0.39, 0.29) is 11.0 Å². The van der Waals surface area contributed by atoms with E-state index in [0.717, 1.165) is 18.4 Å². The second-order valence-electron chi connectivity index (χ2n) is 3.82. The van der Waals surface area contributed by atoms with Crippen molar-refractivity contribution in [3.8, 4) is 0 Å². The van der Waals surface area contributed by atoms with Crippen LogP contribution in [0.4, 0.5) is 0 Å². The number of aromatic amines is 1. The minimum absolute atomic E-state index is 0.0227. The van der Waals surface area contributed by atoms with E-state index in [0.29, 0.717) is 0 Å². The summed E-state index contributed by atoms with van der Waals surface area (Å²) in [6.45, 7) is 6.38. The zero-order valence-electron chi connectivity index (χ0n) is 8.85. The molecule has 1 aromatic heterocycles. The van der Waals surface area contributed by atoms with E-state index in [1.807, 2.05) is 6.20 Å². The van der Waals surface area contributed by atoms with E-state index in [4.69, 9.17) is 0 Å². The van der Waals surface area contributed by atoms with Crippen molar-refractivity contribution in [2.24, 2.45) is 7.05 Å². The minimum Gasteiger partial charge on any atom is -0.303 e. The highest BCUT2D eigenvalue weighted by molar-refractivity contribution is 5.17. The maximum Gasteiger partial charge on any atom is 0.269 e. The Labute approximate surface area is 78.8 Å². The first-order chi connectivity index (χ1) is 6.05. The third-order valence-electron chi connectivity index (χ3n) is 3.15. The molecule has 1 heterocycles. The predicted octanol–water partition coefficient (Wildman–Crippen LogP) is 1.79. The van der Waals surface area contributed by atoms with E-state index in [1.165, 1.54) is 4.68 Å². The van der Waals surface area contributed by atoms with Crippen molar-refractivity contribution in [3.63, 3.8) is 0 Å². The summed E-state index contributed by atoms with van der Waals surface area (Å²) in [5.74, 6) is 0. The van der Waals surface area contributed by atoms with Crippen LogP contribution in [0.25, 0.3) is 0 Å². The number of nitrogens with one attached hydrogen (secondary N) is 1. The molecule has 0 spiro atoms. The molecule has 0 amide bonds. The average Bonchev–Trinajstić information content (AvgIpc) is 2.47. The molecule has 0 saturated heterocycles. The van der Waals surface area contributed by atoms with Gasteiger partial charge < -0.3 is 5.10 Å². The van der Waals surface area contributed by atoms with Gasteiger partial charge in [0, 0.05) is 18.8 Å². The van der Waals surface area contributed by atoms with Gasteiger partial charge in [-0.2, -0.15) is 0 Å². The molecule has 74 valence electrons. The first kappa shape index (κ1) is 10.1. The van der Waals surface area contributed by atoms with Gasteiger partial charge in [-0.3, -0.25) is 9.48 Å². The summed E-state index contributed by atoms with van der Waals surface area (Å²) in [6.07, 6.45) is 3.82. The predicted molar refractivity (Wildman–Crippen MR) is 54.0 cm³/mol. The molecule has 13 heavy (non-hydrogen) atoms. The fourth-order valence-electron chi connectivity index (χ4n) is 1.53. The van der Waals surface area contributed by atoms with Gasteiger partial charge in [-0.05, 0) is 18.3 Å². The molecular formula is C10H18N2O. The molecule has 1 N–H and O–H groups in total. The zero-order valence-corrected chi connectivity index (χ0v) is 8.85. The molecule has 0 atom stereocenters. The first-order valence-corrected chi connectivity index (χ1v) is 4.80. The molecule has 0 aliphatic heterocycles. The number of aryl methyl sites for hydroxylation is 1. The third-order valence-corrected chi connectivity index (χ3v) is 3.15. The highest BCUT2D eigenvalue weighted by Crippen LogP contribution is 2.27. The Balaban J connectivity index is 3.20. The fourth-order valence-corrected chi connectivity index (χ4v) is 1.53. The number of aromatic nitrogens is 2. The average molecular weight is 182 g/mol. The van der Waals surface area contributed by atoms with E-state index in [9.17, 15) is 4.79 Å². The molecule has 0 aromatic carbocycles. The van der Waals surface area contributed by atoms with Gasteiger partial charge in [0.25, 0.3) is 5.56 Å². The normalized spacial score (nSPS) is 12.0. The highest BCUT2D eigenvalue weighted by atomic mass is 16.1. The minimum atomic E-state index is 0.0227. The second kappa shape index (κ2) is 3.40. The van der Waals surface area contributed by atoms with Crippen molar-refractivity contribution < 1.29 is 0 Å². The number of H-pyrrole nitrogens is 1. The summed E-state index contributed by atoms with van der Waals surface area (Å²) < 4.78 is 1.53. The fraction of sp³-hybridized carbons (Fsp3) is 0.700. The second-order valence-corrected chi connectivity index (χ2v) is 3.82. The molecule has 0 aliphatic rings. The van der Waals surface area contributed by atoms with Gasteiger partial charge in [0.05, 0.1) is 0 Å². The molecule has 0 fully saturated rings. The van der Waals surface area contributed by atoms with Crippen LogP contribution in [0.1, 0.15) is 39.2 Å². The SMILES string of the molecule is CCC(C)(CC)c1c[nH]n(C)c1=O. The molecule has 3 heteroatoms. The molecular weight excluding hydrogens is 164 g/mol. The number of hydrogen-bond acceptors (Lipinski definition) is 1. The lowest BCUT2D eigenvalue weighted by Crippen LogP contribution is -2.28. The zero-order chi connectivity index (χ0) is 10.1. The van der Waals surface area contributed by atoms with Crippen LogP contribution in [0.2, 0.25) is 0 Å². The van der Waals surface area contributed by atoms with Crippen molar-refractivity contribution in [1.82, 2.24) is 9.78 Å². The highest BCUT2D eigenvalue weighted by Gasteiger charge is 2.26. The van der Waals surface area contributed by atoms with Crippen LogP contribution in [0.5, 0.6) is 0 Å². The Hall–Kier alpha value is -0.990. The molecule has 0 aliphatic carbocycles. The molecule has 0 bridgehead atoms. The molecule has 0 unspecified atom stereocenters. The van der Waals surface area contributed by atoms with Crippen LogP contribution in [0.15, 0.2) is 11.0 Å². The first-order valence-electron chi connectivity index (χ1n) is 4.80. The monoisotopic (exact) mass is 182 g/mol. The van der Waals surface area contributed by atoms with Crippen LogP contribution in [0, 0.1) is 0 Å². The van der Waals surface area contributed by atoms with Crippen LogP contribution in [-0.4, -0.2) is 9.78 Å². The smallest absolute Gasteiger partial charge is 0.269 e. The summed E-state index contributed by atoms with van der Waals surface area (Å²) in [5, 5.41) is 2.92. The molecule has 3 nitrogen and oxygen atoms in total. The Kier molecular flexibility index (Phi) is 2.64. The van der Waals surface area contributed by atoms with Crippen molar-refractivity contribution in [2.45, 2.75) is 39.0 Å². The van der Waals surface area contributed by atoms with Gasteiger partial charge in [-0.1, -0.05) is 20.8 Å². The van der Waals surface area contributed by atoms with Gasteiger partial charge in [0.2, 0.25) is 0 Å². The lowest BCUT2D eigenvalue weighted by molar-refractivity contribution is 0.435. The van der Waals surface area contributed by atoms with Crippen LogP contribution in [-0.2, 0) is 12.5 Å². The Morgan fingerprint density at radius 1 is 1.46 bits per heavy atom. The van der Waals surface area contributed by atoms with Gasteiger partial charge in [-0.25, -0.2) is 0 Å². The van der Waals surface area contributed by atoms with Crippen molar-refractivity contribution in [3.05, 3.63) is 22.1 Å². The van der Waals surface area contributed by atoms with Crippen LogP contribution < -0.4 is 5.56 Å². The van der Waals surface area contributed by atoms with Crippen LogP contribution >= 0.6 is 0 Å². The molecule has 1 aromatic rings. The van der Waals surface area contributed by atoms with Crippen molar-refractivity contribution in [2.75, 3.05) is 0 Å². The summed E-state index contributed by atoms with van der Waals surface area (Å²) >= 11 is 0. The molecule has 0 saturated carbocycles. The Morgan fingerprint density at radius 3 is 2.31 bits per heavy atom. The summed E-state index contributed by atoms with van der Waals surface area (Å²) in [7, 11) is 1.75. The van der Waals surface area contributed by atoms with E-state index >= 15 is 0 Å². The quantitative estimate of drug-likeness (QED) is 0.760. The number of rotatable bonds is 3. The largest absolute Gasteiger partial charge is 0.303 e. The van der Waals surface area contributed by atoms with Gasteiger partial charge in [0.1, 0.15) is 0 Å². The van der Waals surface area contributed by atoms with Crippen LogP contribution in [0.3, 0.4) is 0 Å². The standard InChI is InChI=1S/C10H18N2O/c1-5-10(3,6-2)8-7-11-12(4)9(8)13/h7,11H,5-6H2,1-4H3. The van der Waals surface area contributed by atoms with Gasteiger partial charge in [0.15, 0.2) is 0 Å².